The number of carboxylic acids is 1. The predicted octanol–water partition coefficient (Wildman–Crippen LogP) is -2.69. The Labute approximate surface area is 77.9 Å². The Morgan fingerprint density at radius 1 is 1.64 bits per heavy atom. The number of carbonyl (C=O) groups excluding carboxylic acids is 1. The molecule has 0 aromatic rings. The zero-order chi connectivity index (χ0) is 7.98. The maximum atomic E-state index is 10.3. The summed E-state index contributed by atoms with van der Waals surface area (Å²) in [6, 6.07) is 0. The summed E-state index contributed by atoms with van der Waals surface area (Å²) in [7, 11) is 0. The van der Waals surface area contributed by atoms with Crippen molar-refractivity contribution in [3.05, 3.63) is 12.7 Å². The number of carboxylic acid groups (broad SMARTS) is 1. The van der Waals surface area contributed by atoms with Crippen molar-refractivity contribution in [3.63, 3.8) is 0 Å². The van der Waals surface area contributed by atoms with Crippen molar-refractivity contribution in [2.45, 2.75) is 6.42 Å². The molecule has 0 amide bonds. The van der Waals surface area contributed by atoms with Gasteiger partial charge in [0.1, 0.15) is 6.61 Å². The minimum Gasteiger partial charge on any atom is -1.00 e. The molecule has 0 spiro atoms. The summed E-state index contributed by atoms with van der Waals surface area (Å²) >= 11 is 0. The summed E-state index contributed by atoms with van der Waals surface area (Å²) < 4.78 is 4.36. The number of carbonyl (C=O) groups is 2. The standard InChI is InChI=1S/C6H8O4.Li.H/c1-2-6(9)10-4-3-5(7)8;;/h2H,1,3-4H2,(H,7,8);;/q;+1;-1. The number of esters is 1. The van der Waals surface area contributed by atoms with Crippen molar-refractivity contribution in [2.24, 2.45) is 0 Å². The molecule has 58 valence electrons. The molecule has 4 nitrogen and oxygen atoms in total. The van der Waals surface area contributed by atoms with Gasteiger partial charge in [0.25, 0.3) is 0 Å². The van der Waals surface area contributed by atoms with E-state index >= 15 is 0 Å². The average Bonchev–Trinajstić information content (AvgIpc) is 1.87. The summed E-state index contributed by atoms with van der Waals surface area (Å²) in [4.78, 5) is 20.1. The van der Waals surface area contributed by atoms with Gasteiger partial charge in [-0.05, 0) is 0 Å². The molecule has 0 fully saturated rings. The molecule has 0 saturated carbocycles. The number of hydrogen-bond donors (Lipinski definition) is 1. The van der Waals surface area contributed by atoms with Crippen LogP contribution in [0, 0.1) is 0 Å². The molecule has 0 aliphatic carbocycles. The van der Waals surface area contributed by atoms with E-state index in [2.05, 4.69) is 11.3 Å². The van der Waals surface area contributed by atoms with Gasteiger partial charge in [-0.3, -0.25) is 4.79 Å². The van der Waals surface area contributed by atoms with Crippen molar-refractivity contribution in [1.82, 2.24) is 0 Å². The van der Waals surface area contributed by atoms with Crippen molar-refractivity contribution in [3.8, 4) is 0 Å². The van der Waals surface area contributed by atoms with Gasteiger partial charge in [0.15, 0.2) is 0 Å². The average molecular weight is 152 g/mol. The summed E-state index contributed by atoms with van der Waals surface area (Å²) in [6.45, 7) is 3.04. The third kappa shape index (κ3) is 9.28. The van der Waals surface area contributed by atoms with Gasteiger partial charge in [0.2, 0.25) is 0 Å². The van der Waals surface area contributed by atoms with Crippen LogP contribution in [-0.2, 0) is 14.3 Å². The Balaban J connectivity index is -0.000000405. The summed E-state index contributed by atoms with van der Waals surface area (Å²) in [5.74, 6) is -1.59. The Hall–Kier alpha value is -0.723. The largest absolute Gasteiger partial charge is 1.00 e. The summed E-state index contributed by atoms with van der Waals surface area (Å²) in [5.41, 5.74) is 0. The van der Waals surface area contributed by atoms with Crippen molar-refractivity contribution in [2.75, 3.05) is 6.61 Å². The van der Waals surface area contributed by atoms with E-state index in [4.69, 9.17) is 5.11 Å². The van der Waals surface area contributed by atoms with Crippen LogP contribution in [0.5, 0.6) is 0 Å². The Kier molecular flexibility index (Phi) is 8.67. The molecule has 0 heterocycles. The first-order chi connectivity index (χ1) is 4.66. The molecular formula is C6H9LiO4. The fourth-order valence-corrected chi connectivity index (χ4v) is 0.298. The minimum absolute atomic E-state index is 0. The first kappa shape index (κ1) is 12.9. The molecule has 0 atom stereocenters. The van der Waals surface area contributed by atoms with E-state index in [-0.39, 0.29) is 33.3 Å². The van der Waals surface area contributed by atoms with Crippen LogP contribution in [0.2, 0.25) is 0 Å². The van der Waals surface area contributed by atoms with E-state index in [1.165, 1.54) is 0 Å². The van der Waals surface area contributed by atoms with Gasteiger partial charge < -0.3 is 11.3 Å². The second-order valence-corrected chi connectivity index (χ2v) is 1.52. The van der Waals surface area contributed by atoms with Crippen LogP contribution in [0.4, 0.5) is 0 Å². The second kappa shape index (κ2) is 7.39. The van der Waals surface area contributed by atoms with Crippen LogP contribution < -0.4 is 18.9 Å². The van der Waals surface area contributed by atoms with Crippen molar-refractivity contribution in [1.29, 1.82) is 0 Å². The molecule has 0 saturated heterocycles. The molecule has 0 aromatic heterocycles. The minimum atomic E-state index is -0.989. The van der Waals surface area contributed by atoms with Crippen LogP contribution in [0.25, 0.3) is 0 Å². The van der Waals surface area contributed by atoms with Gasteiger partial charge in [0, 0.05) is 6.08 Å². The smallest absolute Gasteiger partial charge is 1.00 e. The molecule has 5 heteroatoms. The molecule has 0 bridgehead atoms. The fraction of sp³-hybridized carbons (Fsp3) is 0.333. The van der Waals surface area contributed by atoms with Crippen LogP contribution in [-0.4, -0.2) is 23.7 Å². The topological polar surface area (TPSA) is 63.6 Å². The van der Waals surface area contributed by atoms with E-state index in [9.17, 15) is 9.59 Å². The molecular weight excluding hydrogens is 143 g/mol. The Morgan fingerprint density at radius 2 is 2.18 bits per heavy atom. The third-order valence-corrected chi connectivity index (χ3v) is 0.727. The van der Waals surface area contributed by atoms with E-state index in [1.807, 2.05) is 0 Å². The van der Waals surface area contributed by atoms with Gasteiger partial charge in [-0.1, -0.05) is 6.58 Å². The first-order valence-electron chi connectivity index (χ1n) is 2.68. The number of rotatable bonds is 4. The molecule has 0 radical (unpaired) electrons. The van der Waals surface area contributed by atoms with Crippen molar-refractivity contribution >= 4 is 11.9 Å². The number of ether oxygens (including phenoxy) is 1. The van der Waals surface area contributed by atoms with Gasteiger partial charge >= 0.3 is 30.8 Å². The van der Waals surface area contributed by atoms with Gasteiger partial charge in [-0.2, -0.15) is 0 Å². The monoisotopic (exact) mass is 152 g/mol. The zero-order valence-electron chi connectivity index (χ0n) is 7.37. The Morgan fingerprint density at radius 3 is 2.55 bits per heavy atom. The zero-order valence-corrected chi connectivity index (χ0v) is 6.37. The van der Waals surface area contributed by atoms with Crippen LogP contribution >= 0.6 is 0 Å². The van der Waals surface area contributed by atoms with E-state index in [0.29, 0.717) is 0 Å². The van der Waals surface area contributed by atoms with Crippen LogP contribution in [0.3, 0.4) is 0 Å². The van der Waals surface area contributed by atoms with Crippen LogP contribution in [0.1, 0.15) is 7.85 Å². The maximum absolute atomic E-state index is 10.3. The summed E-state index contributed by atoms with van der Waals surface area (Å²) in [6.07, 6.45) is 0.821. The molecule has 0 aliphatic rings. The number of aliphatic carboxylic acids is 1. The van der Waals surface area contributed by atoms with Crippen molar-refractivity contribution < 1.29 is 39.7 Å². The Bertz CT molecular complexity index is 160. The fourth-order valence-electron chi connectivity index (χ4n) is 0.298. The number of hydrogen-bond acceptors (Lipinski definition) is 3. The van der Waals surface area contributed by atoms with E-state index in [0.717, 1.165) is 6.08 Å². The maximum Gasteiger partial charge on any atom is 1.00 e. The van der Waals surface area contributed by atoms with Gasteiger partial charge in [-0.15, -0.1) is 0 Å². The first-order valence-corrected chi connectivity index (χ1v) is 2.68. The van der Waals surface area contributed by atoms with E-state index < -0.39 is 11.9 Å². The SMILES string of the molecule is C=CC(=O)OCCC(=O)O.[H-].[Li+]. The van der Waals surface area contributed by atoms with Gasteiger partial charge in [-0.25, -0.2) is 4.79 Å². The normalized spacial score (nSPS) is 7.64. The van der Waals surface area contributed by atoms with E-state index in [1.54, 1.807) is 0 Å². The van der Waals surface area contributed by atoms with Gasteiger partial charge in [0.05, 0.1) is 6.42 Å². The van der Waals surface area contributed by atoms with Crippen LogP contribution in [0.15, 0.2) is 12.7 Å². The predicted molar refractivity (Wildman–Crippen MR) is 34.5 cm³/mol. The summed E-state index contributed by atoms with van der Waals surface area (Å²) in [5, 5.41) is 8.08. The molecule has 0 rings (SSSR count). The molecule has 0 unspecified atom stereocenters. The third-order valence-electron chi connectivity index (χ3n) is 0.727. The molecule has 11 heavy (non-hydrogen) atoms. The molecule has 1 N–H and O–H groups in total. The quantitative estimate of drug-likeness (QED) is 0.270. The molecule has 0 aromatic carbocycles. The second-order valence-electron chi connectivity index (χ2n) is 1.52. The molecule has 0 aliphatic heterocycles.